The van der Waals surface area contributed by atoms with E-state index in [4.69, 9.17) is 0 Å². The smallest absolute Gasteiger partial charge is 0.199 e. The number of alkyl halides is 26. The molecule has 0 bridgehead atoms. The van der Waals surface area contributed by atoms with Gasteiger partial charge >= 0.3 is 71.6 Å². The molecule has 0 nitrogen and oxygen atoms in total. The summed E-state index contributed by atoms with van der Waals surface area (Å²) in [6.07, 6.45) is -3.81. The van der Waals surface area contributed by atoms with Crippen molar-refractivity contribution in [1.29, 1.82) is 0 Å². The molecule has 71 heavy (non-hydrogen) atoms. The third-order valence-corrected chi connectivity index (χ3v) is 15.8. The maximum absolute atomic E-state index is 14.5. The Labute approximate surface area is 394 Å². The van der Waals surface area contributed by atoms with Crippen molar-refractivity contribution >= 4 is 0 Å². The summed E-state index contributed by atoms with van der Waals surface area (Å²) in [7, 11) is 0. The molecule has 4 aliphatic rings. The molecule has 4 saturated carbocycles. The van der Waals surface area contributed by atoms with Crippen molar-refractivity contribution in [2.75, 3.05) is 0 Å². The molecule has 422 valence electrons. The number of hydrogen-bond donors (Lipinski definition) is 0. The maximum Gasteiger partial charge on any atom is 0.460 e. The number of unbranched alkanes of at least 4 members (excludes halogenated alkanes) is 3. The highest BCUT2D eigenvalue weighted by Crippen LogP contribution is 2.65. The first-order valence-corrected chi connectivity index (χ1v) is 23.9. The third kappa shape index (κ3) is 12.1. The molecule has 0 unspecified atom stereocenters. The normalized spacial score (nSPS) is 28.1. The van der Waals surface area contributed by atoms with Gasteiger partial charge in [-0.05, 0) is 113 Å². The molecule has 0 amide bonds. The van der Waals surface area contributed by atoms with E-state index in [9.17, 15) is 114 Å². The van der Waals surface area contributed by atoms with E-state index in [0.29, 0.717) is 11.8 Å². The van der Waals surface area contributed by atoms with Gasteiger partial charge < -0.3 is 0 Å². The second-order valence-electron chi connectivity index (χ2n) is 20.3. The summed E-state index contributed by atoms with van der Waals surface area (Å²) < 4.78 is 349. The van der Waals surface area contributed by atoms with E-state index in [1.165, 1.54) is 0 Å². The van der Waals surface area contributed by atoms with Crippen LogP contribution in [0.5, 0.6) is 0 Å². The molecule has 0 N–H and O–H groups in total. The van der Waals surface area contributed by atoms with E-state index in [1.807, 2.05) is 0 Å². The van der Waals surface area contributed by atoms with Crippen molar-refractivity contribution in [3.8, 4) is 0 Å². The van der Waals surface area contributed by atoms with Gasteiger partial charge in [0, 0.05) is 11.8 Å². The second-order valence-corrected chi connectivity index (χ2v) is 20.3. The Morgan fingerprint density at radius 3 is 0.718 bits per heavy atom. The molecular formula is C45H60F26. The standard InChI is InChI=1S/C23H31F13.C22H29F13/c1-2-3-4-5-14-6-8-15(9-7-14)16-10-12-17(13-11-16)18(24,25)19(26,27)20(28,29)21(30,31)22(32,33)23(34,35)36;1-2-3-4-13-5-7-14(8-6-13)15-9-11-16(12-10-15)17(23,24)18(25,26)19(27,28)20(29,30)21(31,32)22(33,34)35/h14-17H,2-13H2,1H3;13-16H,2-12H2,1H3. The zero-order valence-corrected chi connectivity index (χ0v) is 38.7. The van der Waals surface area contributed by atoms with Crippen LogP contribution in [0.3, 0.4) is 0 Å². The van der Waals surface area contributed by atoms with Gasteiger partial charge in [-0.2, -0.15) is 114 Å². The molecule has 0 aromatic carbocycles. The van der Waals surface area contributed by atoms with Crippen LogP contribution in [0.4, 0.5) is 114 Å². The van der Waals surface area contributed by atoms with Crippen molar-refractivity contribution in [3.63, 3.8) is 0 Å². The highest BCUT2D eigenvalue weighted by molar-refractivity contribution is 5.13. The molecule has 26 heteroatoms. The lowest BCUT2D eigenvalue weighted by molar-refractivity contribution is -0.443. The minimum atomic E-state index is -7.82. The summed E-state index contributed by atoms with van der Waals surface area (Å²) in [5, 5.41) is 0. The predicted molar refractivity (Wildman–Crippen MR) is 207 cm³/mol. The molecular weight excluding hydrogens is 1030 g/mol. The van der Waals surface area contributed by atoms with E-state index >= 15 is 0 Å². The van der Waals surface area contributed by atoms with E-state index in [0.717, 1.165) is 96.3 Å². The third-order valence-electron chi connectivity index (χ3n) is 15.8. The SMILES string of the molecule is CCCCC1CCC(C2CCC(C(F)(F)C(F)(F)C(F)(F)C(F)(F)C(F)(F)C(F)(F)F)CC2)CC1.CCCCCC1CCC(C2CCC(C(F)(F)C(F)(F)C(F)(F)C(F)(F)C(F)(F)C(F)(F)F)CC2)CC1. The Hall–Kier alpha value is -1.82. The number of hydrogen-bond acceptors (Lipinski definition) is 0. The van der Waals surface area contributed by atoms with Gasteiger partial charge in [0.1, 0.15) is 0 Å². The summed E-state index contributed by atoms with van der Waals surface area (Å²) in [5.74, 6) is -76.7. The maximum atomic E-state index is 14.5. The van der Waals surface area contributed by atoms with Crippen molar-refractivity contribution in [2.24, 2.45) is 47.3 Å². The molecule has 0 atom stereocenters. The van der Waals surface area contributed by atoms with E-state index < -0.39 is 109 Å². The monoisotopic (exact) mass is 1090 g/mol. The minimum Gasteiger partial charge on any atom is -0.199 e. The highest BCUT2D eigenvalue weighted by atomic mass is 19.4. The highest BCUT2D eigenvalue weighted by Gasteiger charge is 2.92. The topological polar surface area (TPSA) is 0 Å². The fraction of sp³-hybridized carbons (Fsp3) is 1.00. The minimum absolute atomic E-state index is 0.0812. The Morgan fingerprint density at radius 1 is 0.254 bits per heavy atom. The zero-order chi connectivity index (χ0) is 54.9. The van der Waals surface area contributed by atoms with Crippen LogP contribution in [0.15, 0.2) is 0 Å². The van der Waals surface area contributed by atoms with Gasteiger partial charge in [-0.15, -0.1) is 0 Å². The van der Waals surface area contributed by atoms with Gasteiger partial charge in [0.05, 0.1) is 0 Å². The Kier molecular flexibility index (Phi) is 20.0. The molecule has 0 saturated heterocycles. The lowest BCUT2D eigenvalue weighted by Crippen LogP contribution is -2.71. The van der Waals surface area contributed by atoms with Gasteiger partial charge in [0.2, 0.25) is 0 Å². The fourth-order valence-electron chi connectivity index (χ4n) is 11.1. The van der Waals surface area contributed by atoms with Crippen LogP contribution in [0.1, 0.15) is 162 Å². The van der Waals surface area contributed by atoms with Crippen LogP contribution in [0.2, 0.25) is 0 Å². The number of rotatable bonds is 19. The Balaban J connectivity index is 0.000000375. The Morgan fingerprint density at radius 2 is 0.479 bits per heavy atom. The van der Waals surface area contributed by atoms with Crippen molar-refractivity contribution in [3.05, 3.63) is 0 Å². The van der Waals surface area contributed by atoms with Gasteiger partial charge in [-0.1, -0.05) is 84.5 Å². The van der Waals surface area contributed by atoms with Crippen LogP contribution in [-0.2, 0) is 0 Å². The van der Waals surface area contributed by atoms with Crippen LogP contribution in [0.25, 0.3) is 0 Å². The van der Waals surface area contributed by atoms with Crippen LogP contribution in [0, 0.1) is 47.3 Å². The molecule has 4 fully saturated rings. The Bertz CT molecular complexity index is 1620. The van der Waals surface area contributed by atoms with Gasteiger partial charge in [0.25, 0.3) is 0 Å². The fourth-order valence-corrected chi connectivity index (χ4v) is 11.1. The summed E-state index contributed by atoms with van der Waals surface area (Å²) in [6.45, 7) is 4.14. The summed E-state index contributed by atoms with van der Waals surface area (Å²) >= 11 is 0. The first-order chi connectivity index (χ1) is 32.0. The summed E-state index contributed by atoms with van der Waals surface area (Å²) in [4.78, 5) is 0. The largest absolute Gasteiger partial charge is 0.460 e. The second kappa shape index (κ2) is 22.4. The average molecular weight is 1090 g/mol. The predicted octanol–water partition coefficient (Wildman–Crippen LogP) is 19.4. The molecule has 0 heterocycles. The molecule has 0 aliphatic heterocycles. The lowest BCUT2D eigenvalue weighted by atomic mass is 9.67. The van der Waals surface area contributed by atoms with E-state index in [-0.39, 0.29) is 49.4 Å². The summed E-state index contributed by atoms with van der Waals surface area (Å²) in [5.41, 5.74) is 0. The van der Waals surface area contributed by atoms with Gasteiger partial charge in [0.15, 0.2) is 0 Å². The molecule has 4 rings (SSSR count). The van der Waals surface area contributed by atoms with Gasteiger partial charge in [-0.25, -0.2) is 0 Å². The first kappa shape index (κ1) is 63.5. The average Bonchev–Trinajstić information content (AvgIpc) is 3.27. The molecule has 0 radical (unpaired) electrons. The van der Waals surface area contributed by atoms with Crippen LogP contribution < -0.4 is 0 Å². The lowest BCUT2D eigenvalue weighted by Gasteiger charge is -2.44. The van der Waals surface area contributed by atoms with E-state index in [1.54, 1.807) is 0 Å². The van der Waals surface area contributed by atoms with Crippen molar-refractivity contribution in [1.82, 2.24) is 0 Å². The van der Waals surface area contributed by atoms with E-state index in [2.05, 4.69) is 13.8 Å². The van der Waals surface area contributed by atoms with Crippen molar-refractivity contribution < 1.29 is 114 Å². The molecule has 0 aromatic rings. The van der Waals surface area contributed by atoms with Crippen molar-refractivity contribution in [2.45, 2.75) is 233 Å². The molecule has 4 aliphatic carbocycles. The summed E-state index contributed by atoms with van der Waals surface area (Å²) in [6, 6.07) is 0. The first-order valence-electron chi connectivity index (χ1n) is 23.9. The molecule has 0 aromatic heterocycles. The van der Waals surface area contributed by atoms with Gasteiger partial charge in [-0.3, -0.25) is 0 Å². The number of halogens is 26. The van der Waals surface area contributed by atoms with Crippen LogP contribution in [-0.4, -0.2) is 71.6 Å². The quantitative estimate of drug-likeness (QED) is 0.0893. The zero-order valence-electron chi connectivity index (χ0n) is 38.7. The van der Waals surface area contributed by atoms with Crippen LogP contribution >= 0.6 is 0 Å². The molecule has 0 spiro atoms.